The molecule has 2 aromatic heterocycles. The van der Waals surface area contributed by atoms with Crippen molar-refractivity contribution in [3.63, 3.8) is 0 Å². The summed E-state index contributed by atoms with van der Waals surface area (Å²) in [5.41, 5.74) is 8.50. The van der Waals surface area contributed by atoms with Gasteiger partial charge < -0.3 is 38.3 Å². The molecule has 0 spiro atoms. The number of carbonyl (C=O) groups excluding carboxylic acids is 2. The number of aryl methyl sites for hydroxylation is 2. The van der Waals surface area contributed by atoms with Gasteiger partial charge in [0.1, 0.15) is 36.9 Å². The van der Waals surface area contributed by atoms with Gasteiger partial charge in [-0.15, -0.1) is 0 Å². The van der Waals surface area contributed by atoms with Crippen LogP contribution in [0.1, 0.15) is 57.1 Å². The molecule has 60 heavy (non-hydrogen) atoms. The molecule has 4 aromatic carbocycles. The van der Waals surface area contributed by atoms with E-state index in [1.54, 1.807) is 13.8 Å². The number of piperazine rings is 1. The first kappa shape index (κ1) is 42.5. The topological polar surface area (TPSA) is 128 Å². The Morgan fingerprint density at radius 3 is 1.28 bits per heavy atom. The van der Waals surface area contributed by atoms with Crippen LogP contribution in [0.3, 0.4) is 0 Å². The molecule has 1 fully saturated rings. The third kappa shape index (κ3) is 9.22. The lowest BCUT2D eigenvalue weighted by molar-refractivity contribution is 0.0241. The van der Waals surface area contributed by atoms with Crippen molar-refractivity contribution in [2.24, 2.45) is 0 Å². The zero-order chi connectivity index (χ0) is 42.5. The molecular formula is C48H56N4O8. The first-order valence-electron chi connectivity index (χ1n) is 20.8. The average molecular weight is 817 g/mol. The molecule has 2 unspecified atom stereocenters. The van der Waals surface area contributed by atoms with Gasteiger partial charge >= 0.3 is 11.9 Å². The second-order valence-electron chi connectivity index (χ2n) is 15.6. The molecule has 0 saturated carbocycles. The Kier molecular flexibility index (Phi) is 13.3. The number of esters is 2. The van der Waals surface area contributed by atoms with Crippen LogP contribution in [0, 0.1) is 27.7 Å². The zero-order valence-corrected chi connectivity index (χ0v) is 35.4. The molecule has 1 saturated heterocycles. The first-order valence-corrected chi connectivity index (χ1v) is 20.8. The molecule has 2 N–H and O–H groups in total. The van der Waals surface area contributed by atoms with Crippen LogP contribution < -0.4 is 9.47 Å². The molecule has 0 aliphatic carbocycles. The van der Waals surface area contributed by atoms with Crippen LogP contribution in [-0.4, -0.2) is 119 Å². The molecule has 0 bridgehead atoms. The number of hydrogen-bond donors (Lipinski definition) is 2. The van der Waals surface area contributed by atoms with E-state index in [4.69, 9.17) is 18.9 Å². The van der Waals surface area contributed by atoms with Crippen molar-refractivity contribution >= 4 is 33.7 Å². The van der Waals surface area contributed by atoms with Gasteiger partial charge in [-0.05, 0) is 102 Å². The van der Waals surface area contributed by atoms with Gasteiger partial charge in [-0.3, -0.25) is 9.80 Å². The largest absolute Gasteiger partial charge is 0.491 e. The van der Waals surface area contributed by atoms with Crippen molar-refractivity contribution in [3.8, 4) is 22.9 Å². The smallest absolute Gasteiger partial charge is 0.340 e. The van der Waals surface area contributed by atoms with E-state index < -0.39 is 12.2 Å². The number of benzene rings is 4. The molecule has 12 heteroatoms. The van der Waals surface area contributed by atoms with E-state index in [1.807, 2.05) is 113 Å². The second-order valence-corrected chi connectivity index (χ2v) is 15.6. The van der Waals surface area contributed by atoms with Gasteiger partial charge in [-0.1, -0.05) is 35.4 Å². The molecule has 1 aliphatic rings. The molecular weight excluding hydrogens is 761 g/mol. The van der Waals surface area contributed by atoms with Gasteiger partial charge in [-0.2, -0.15) is 0 Å². The molecule has 2 atom stereocenters. The highest BCUT2D eigenvalue weighted by atomic mass is 16.5. The predicted molar refractivity (Wildman–Crippen MR) is 233 cm³/mol. The van der Waals surface area contributed by atoms with Crippen molar-refractivity contribution in [1.29, 1.82) is 0 Å². The number of carbonyl (C=O) groups is 2. The van der Waals surface area contributed by atoms with Crippen LogP contribution in [0.4, 0.5) is 0 Å². The summed E-state index contributed by atoms with van der Waals surface area (Å²) in [4.78, 5) is 30.7. The lowest BCUT2D eigenvalue weighted by atomic mass is 10.1. The van der Waals surface area contributed by atoms with Crippen molar-refractivity contribution in [3.05, 3.63) is 119 Å². The number of aliphatic hydroxyl groups is 2. The molecule has 12 nitrogen and oxygen atoms in total. The standard InChI is InChI=1S/C48H56N4O8/c1-7-57-47(55)45-33(5)51(35-13-9-31(3)10-14-35)43-19-17-39(25-41(43)45)59-29-37(53)27-49-21-23-50(24-22-49)28-38(54)30-60-40-18-20-44-42(26-40)46(48(56)58-8-2)34(6)52(44)36-15-11-32(4)12-16-36/h9-20,25-26,37-38,53-54H,7-8,21-24,27-30H2,1-6H3. The van der Waals surface area contributed by atoms with Gasteiger partial charge in [0.25, 0.3) is 0 Å². The second kappa shape index (κ2) is 18.7. The monoisotopic (exact) mass is 816 g/mol. The lowest BCUT2D eigenvalue weighted by Gasteiger charge is -2.36. The van der Waals surface area contributed by atoms with Crippen molar-refractivity contribution in [1.82, 2.24) is 18.9 Å². The van der Waals surface area contributed by atoms with Gasteiger partial charge in [0.2, 0.25) is 0 Å². The normalized spacial score (nSPS) is 14.7. The number of aliphatic hydroxyl groups excluding tert-OH is 2. The summed E-state index contributed by atoms with van der Waals surface area (Å²) >= 11 is 0. The van der Waals surface area contributed by atoms with Gasteiger partial charge in [-0.25, -0.2) is 9.59 Å². The Morgan fingerprint density at radius 1 is 0.567 bits per heavy atom. The van der Waals surface area contributed by atoms with E-state index in [1.165, 1.54) is 0 Å². The molecule has 6 aromatic rings. The Hall–Kier alpha value is -5.66. The Labute approximate surface area is 351 Å². The summed E-state index contributed by atoms with van der Waals surface area (Å²) in [6.45, 7) is 16.1. The molecule has 3 heterocycles. The maximum absolute atomic E-state index is 13.1. The average Bonchev–Trinajstić information content (AvgIpc) is 3.69. The maximum Gasteiger partial charge on any atom is 0.340 e. The van der Waals surface area contributed by atoms with Crippen LogP contribution in [0.15, 0.2) is 84.9 Å². The summed E-state index contributed by atoms with van der Waals surface area (Å²) < 4.78 is 27.2. The zero-order valence-electron chi connectivity index (χ0n) is 35.4. The quantitative estimate of drug-likeness (QED) is 0.0991. The predicted octanol–water partition coefficient (Wildman–Crippen LogP) is 6.96. The lowest BCUT2D eigenvalue weighted by Crippen LogP contribution is -2.51. The van der Waals surface area contributed by atoms with Crippen LogP contribution >= 0.6 is 0 Å². The highest BCUT2D eigenvalue weighted by Gasteiger charge is 2.26. The number of β-amino-alcohol motifs (C(OH)–C–C–N with tert-alkyl or cyclic N) is 2. The SMILES string of the molecule is CCOC(=O)c1c(C)n(-c2ccc(C)cc2)c2ccc(OCC(O)CN3CCN(CC(O)COc4ccc5c(c4)c(C(=O)OCC)c(C)n5-c4ccc(C)cc4)CC3)cc12. The number of hydrogen-bond acceptors (Lipinski definition) is 10. The third-order valence-electron chi connectivity index (χ3n) is 11.2. The van der Waals surface area contributed by atoms with Crippen LogP contribution in [0.5, 0.6) is 11.5 Å². The number of ether oxygens (including phenoxy) is 4. The summed E-state index contributed by atoms with van der Waals surface area (Å²) in [5.74, 6) is 0.352. The maximum atomic E-state index is 13.1. The Bertz CT molecular complexity index is 2270. The summed E-state index contributed by atoms with van der Waals surface area (Å²) in [5, 5.41) is 23.4. The van der Waals surface area contributed by atoms with Crippen molar-refractivity contribution in [2.45, 2.75) is 53.8 Å². The van der Waals surface area contributed by atoms with Crippen LogP contribution in [0.25, 0.3) is 33.2 Å². The summed E-state index contributed by atoms with van der Waals surface area (Å²) in [6.07, 6.45) is -1.46. The minimum Gasteiger partial charge on any atom is -0.491 e. The Balaban J connectivity index is 0.915. The van der Waals surface area contributed by atoms with E-state index in [0.717, 1.165) is 81.9 Å². The fraction of sp³-hybridized carbons (Fsp3) is 0.375. The number of rotatable bonds is 16. The van der Waals surface area contributed by atoms with Crippen molar-refractivity contribution in [2.75, 3.05) is 65.7 Å². The first-order chi connectivity index (χ1) is 28.9. The van der Waals surface area contributed by atoms with Crippen LogP contribution in [-0.2, 0) is 9.47 Å². The summed E-state index contributed by atoms with van der Waals surface area (Å²) in [7, 11) is 0. The fourth-order valence-corrected chi connectivity index (χ4v) is 8.19. The van der Waals surface area contributed by atoms with Crippen LogP contribution in [0.2, 0.25) is 0 Å². The van der Waals surface area contributed by atoms with Gasteiger partial charge in [0.05, 0.1) is 35.4 Å². The van der Waals surface area contributed by atoms with E-state index in [0.29, 0.717) is 35.7 Å². The number of aromatic nitrogens is 2. The highest BCUT2D eigenvalue weighted by molar-refractivity contribution is 6.08. The summed E-state index contributed by atoms with van der Waals surface area (Å²) in [6, 6.07) is 27.6. The van der Waals surface area contributed by atoms with E-state index >= 15 is 0 Å². The van der Waals surface area contributed by atoms with E-state index in [2.05, 4.69) is 18.9 Å². The molecule has 1 aliphatic heterocycles. The minimum atomic E-state index is -0.728. The van der Waals surface area contributed by atoms with Gasteiger partial charge in [0, 0.05) is 72.8 Å². The minimum absolute atomic E-state index is 0.0947. The van der Waals surface area contributed by atoms with E-state index in [-0.39, 0.29) is 38.4 Å². The number of nitrogens with zero attached hydrogens (tertiary/aromatic N) is 4. The molecule has 0 radical (unpaired) electrons. The van der Waals surface area contributed by atoms with Gasteiger partial charge in [0.15, 0.2) is 0 Å². The molecule has 316 valence electrons. The van der Waals surface area contributed by atoms with E-state index in [9.17, 15) is 19.8 Å². The molecule has 7 rings (SSSR count). The van der Waals surface area contributed by atoms with Crippen molar-refractivity contribution < 1.29 is 38.7 Å². The number of fused-ring (bicyclic) bond motifs is 2. The molecule has 0 amide bonds. The Morgan fingerprint density at radius 2 is 0.933 bits per heavy atom. The third-order valence-corrected chi connectivity index (χ3v) is 11.2. The highest BCUT2D eigenvalue weighted by Crippen LogP contribution is 2.34. The fourth-order valence-electron chi connectivity index (χ4n) is 8.19.